The summed E-state index contributed by atoms with van der Waals surface area (Å²) in [7, 11) is 1.89. The zero-order valence-corrected chi connectivity index (χ0v) is 10.2. The first kappa shape index (κ1) is 11.0. The van der Waals surface area contributed by atoms with E-state index in [4.69, 9.17) is 0 Å². The van der Waals surface area contributed by atoms with Crippen LogP contribution in [0, 0.1) is 5.92 Å². The zero-order chi connectivity index (χ0) is 11.9. The Morgan fingerprint density at radius 2 is 2.12 bits per heavy atom. The molecule has 0 fully saturated rings. The average Bonchev–Trinajstić information content (AvgIpc) is 2.49. The molecule has 0 aromatic carbocycles. The van der Waals surface area contributed by atoms with E-state index in [0.717, 1.165) is 23.6 Å². The van der Waals surface area contributed by atoms with Gasteiger partial charge in [0.1, 0.15) is 11.5 Å². The van der Waals surface area contributed by atoms with Crippen molar-refractivity contribution in [2.45, 2.75) is 33.2 Å². The Balaban J connectivity index is 2.48. The van der Waals surface area contributed by atoms with Crippen LogP contribution in [-0.2, 0) is 18.3 Å². The number of carbonyl (C=O) groups is 1. The molecule has 1 amide bonds. The maximum Gasteiger partial charge on any atom is 0.229 e. The van der Waals surface area contributed by atoms with Gasteiger partial charge in [-0.25, -0.2) is 0 Å². The molecule has 0 saturated heterocycles. The third-order valence-electron chi connectivity index (χ3n) is 3.23. The highest BCUT2D eigenvalue weighted by molar-refractivity contribution is 5.97. The molecule has 2 atom stereocenters. The monoisotopic (exact) mass is 222 g/mol. The number of fused-ring (bicyclic) bond motifs is 1. The molecule has 2 unspecified atom stereocenters. The fourth-order valence-electron chi connectivity index (χ4n) is 1.93. The van der Waals surface area contributed by atoms with Gasteiger partial charge >= 0.3 is 0 Å². The van der Waals surface area contributed by atoms with E-state index in [0.29, 0.717) is 0 Å². The normalized spacial score (nSPS) is 24.4. The minimum atomic E-state index is -0.0443. The number of nitrogens with zero attached hydrogens (tertiary/aromatic N) is 2. The standard InChI is InChI=1S/C11H18N4O/c1-5-8-9-10(15(4)14-8)12-7(3)6(2)11(16)13-9/h6-7,12H,5H2,1-4H3,(H,13,16). The molecule has 2 N–H and O–H groups in total. The van der Waals surface area contributed by atoms with Gasteiger partial charge in [-0.05, 0) is 13.3 Å². The number of aryl methyl sites for hydroxylation is 2. The van der Waals surface area contributed by atoms with E-state index in [1.54, 1.807) is 4.68 Å². The van der Waals surface area contributed by atoms with E-state index in [1.807, 2.05) is 27.8 Å². The van der Waals surface area contributed by atoms with Gasteiger partial charge < -0.3 is 10.6 Å². The van der Waals surface area contributed by atoms with E-state index < -0.39 is 0 Å². The Morgan fingerprint density at radius 3 is 2.75 bits per heavy atom. The Kier molecular flexibility index (Phi) is 2.61. The van der Waals surface area contributed by atoms with Crippen LogP contribution in [0.1, 0.15) is 26.5 Å². The number of rotatable bonds is 1. The van der Waals surface area contributed by atoms with Crippen LogP contribution in [-0.4, -0.2) is 21.7 Å². The Labute approximate surface area is 95.2 Å². The molecule has 0 spiro atoms. The van der Waals surface area contributed by atoms with Crippen LogP contribution in [0.15, 0.2) is 0 Å². The van der Waals surface area contributed by atoms with E-state index >= 15 is 0 Å². The van der Waals surface area contributed by atoms with Crippen LogP contribution in [0.5, 0.6) is 0 Å². The first-order valence-electron chi connectivity index (χ1n) is 5.67. The van der Waals surface area contributed by atoms with Gasteiger partial charge in [0, 0.05) is 13.1 Å². The van der Waals surface area contributed by atoms with Gasteiger partial charge in [0.15, 0.2) is 0 Å². The lowest BCUT2D eigenvalue weighted by Gasteiger charge is -2.16. The first-order chi connectivity index (χ1) is 7.54. The molecule has 2 heterocycles. The zero-order valence-electron chi connectivity index (χ0n) is 10.2. The lowest BCUT2D eigenvalue weighted by molar-refractivity contribution is -0.119. The van der Waals surface area contributed by atoms with Crippen LogP contribution >= 0.6 is 0 Å². The van der Waals surface area contributed by atoms with Crippen molar-refractivity contribution in [2.24, 2.45) is 13.0 Å². The smallest absolute Gasteiger partial charge is 0.229 e. The van der Waals surface area contributed by atoms with Crippen molar-refractivity contribution in [1.82, 2.24) is 9.78 Å². The van der Waals surface area contributed by atoms with Gasteiger partial charge in [-0.1, -0.05) is 13.8 Å². The summed E-state index contributed by atoms with van der Waals surface area (Å²) in [4.78, 5) is 11.9. The highest BCUT2D eigenvalue weighted by atomic mass is 16.2. The molecular weight excluding hydrogens is 204 g/mol. The largest absolute Gasteiger partial charge is 0.365 e. The predicted octanol–water partition coefficient (Wildman–Crippen LogP) is 1.37. The van der Waals surface area contributed by atoms with Crippen molar-refractivity contribution in [3.63, 3.8) is 0 Å². The maximum atomic E-state index is 11.9. The van der Waals surface area contributed by atoms with Crippen molar-refractivity contribution >= 4 is 17.4 Å². The van der Waals surface area contributed by atoms with Gasteiger partial charge in [-0.15, -0.1) is 0 Å². The van der Waals surface area contributed by atoms with Gasteiger partial charge in [-0.3, -0.25) is 9.48 Å². The first-order valence-corrected chi connectivity index (χ1v) is 5.67. The molecule has 1 aromatic rings. The van der Waals surface area contributed by atoms with Crippen LogP contribution in [0.25, 0.3) is 0 Å². The van der Waals surface area contributed by atoms with Crippen molar-refractivity contribution in [3.8, 4) is 0 Å². The maximum absolute atomic E-state index is 11.9. The van der Waals surface area contributed by atoms with E-state index in [1.165, 1.54) is 0 Å². The fraction of sp³-hybridized carbons (Fsp3) is 0.636. The summed E-state index contributed by atoms with van der Waals surface area (Å²) in [6.45, 7) is 5.97. The third-order valence-corrected chi connectivity index (χ3v) is 3.23. The highest BCUT2D eigenvalue weighted by Crippen LogP contribution is 2.30. The van der Waals surface area contributed by atoms with Crippen LogP contribution in [0.3, 0.4) is 0 Å². The molecule has 0 radical (unpaired) electrons. The van der Waals surface area contributed by atoms with Crippen LogP contribution in [0.2, 0.25) is 0 Å². The second-order valence-electron chi connectivity index (χ2n) is 4.36. The molecule has 5 nitrogen and oxygen atoms in total. The molecule has 1 aliphatic rings. The summed E-state index contributed by atoms with van der Waals surface area (Å²) in [6, 6.07) is 0.112. The summed E-state index contributed by atoms with van der Waals surface area (Å²) < 4.78 is 1.79. The van der Waals surface area contributed by atoms with Gasteiger partial charge in [-0.2, -0.15) is 5.10 Å². The molecule has 1 aliphatic heterocycles. The summed E-state index contributed by atoms with van der Waals surface area (Å²) >= 11 is 0. The number of hydrogen-bond acceptors (Lipinski definition) is 3. The molecule has 0 saturated carbocycles. The van der Waals surface area contributed by atoms with Gasteiger partial charge in [0.05, 0.1) is 11.6 Å². The molecule has 0 bridgehead atoms. The second kappa shape index (κ2) is 3.81. The summed E-state index contributed by atoms with van der Waals surface area (Å²) in [5.41, 5.74) is 1.77. The predicted molar refractivity (Wildman–Crippen MR) is 63.5 cm³/mol. The van der Waals surface area contributed by atoms with E-state index in [9.17, 15) is 4.79 Å². The number of aromatic nitrogens is 2. The van der Waals surface area contributed by atoms with E-state index in [2.05, 4.69) is 15.7 Å². The third kappa shape index (κ3) is 1.56. The molecule has 2 rings (SSSR count). The lowest BCUT2D eigenvalue weighted by atomic mass is 10.0. The van der Waals surface area contributed by atoms with Crippen LogP contribution in [0.4, 0.5) is 11.5 Å². The second-order valence-corrected chi connectivity index (χ2v) is 4.36. The number of carbonyl (C=O) groups excluding carboxylic acids is 1. The Hall–Kier alpha value is -1.52. The molecule has 0 aliphatic carbocycles. The number of amides is 1. The Bertz CT molecular complexity index is 424. The topological polar surface area (TPSA) is 59.0 Å². The molecule has 88 valence electrons. The quantitative estimate of drug-likeness (QED) is 0.754. The number of hydrogen-bond donors (Lipinski definition) is 2. The average molecular weight is 222 g/mol. The SMILES string of the molecule is CCc1nn(C)c2c1NC(=O)C(C)C(C)N2. The number of nitrogens with one attached hydrogen (secondary N) is 2. The number of anilines is 2. The van der Waals surface area contributed by atoms with Crippen molar-refractivity contribution in [2.75, 3.05) is 10.6 Å². The lowest BCUT2D eigenvalue weighted by Crippen LogP contribution is -2.31. The van der Waals surface area contributed by atoms with Gasteiger partial charge in [0.25, 0.3) is 0 Å². The summed E-state index contributed by atoms with van der Waals surface area (Å²) in [5, 5.41) is 10.7. The van der Waals surface area contributed by atoms with Crippen LogP contribution < -0.4 is 10.6 Å². The van der Waals surface area contributed by atoms with Crippen molar-refractivity contribution in [3.05, 3.63) is 5.69 Å². The molecule has 5 heteroatoms. The van der Waals surface area contributed by atoms with Crippen molar-refractivity contribution < 1.29 is 4.79 Å². The summed E-state index contributed by atoms with van der Waals surface area (Å²) in [5.74, 6) is 0.917. The molecule has 1 aromatic heterocycles. The minimum Gasteiger partial charge on any atom is -0.365 e. The highest BCUT2D eigenvalue weighted by Gasteiger charge is 2.29. The molecule has 16 heavy (non-hydrogen) atoms. The Morgan fingerprint density at radius 1 is 1.44 bits per heavy atom. The summed E-state index contributed by atoms with van der Waals surface area (Å²) in [6.07, 6.45) is 0.813. The minimum absolute atomic E-state index is 0.0443. The van der Waals surface area contributed by atoms with Crippen molar-refractivity contribution in [1.29, 1.82) is 0 Å². The molecular formula is C11H18N4O. The fourth-order valence-corrected chi connectivity index (χ4v) is 1.93. The van der Waals surface area contributed by atoms with Gasteiger partial charge in [0.2, 0.25) is 5.91 Å². The van der Waals surface area contributed by atoms with E-state index in [-0.39, 0.29) is 17.9 Å².